The molecule has 16 heavy (non-hydrogen) atoms. The molecule has 1 aromatic rings. The zero-order valence-corrected chi connectivity index (χ0v) is 10.6. The molecule has 0 aliphatic carbocycles. The Morgan fingerprint density at radius 1 is 1.62 bits per heavy atom. The topological polar surface area (TPSA) is 44.5 Å². The Bertz CT molecular complexity index is 326. The fraction of sp³-hybridized carbons (Fsp3) is 0.636. The molecule has 0 radical (unpaired) electrons. The third-order valence-corrected chi connectivity index (χ3v) is 3.96. The minimum atomic E-state index is -0.0540. The summed E-state index contributed by atoms with van der Waals surface area (Å²) in [5.74, 6) is 0. The van der Waals surface area contributed by atoms with Crippen LogP contribution in [0.1, 0.15) is 23.8 Å². The fourth-order valence-electron chi connectivity index (χ4n) is 1.77. The van der Waals surface area contributed by atoms with Crippen LogP contribution in [0.3, 0.4) is 0 Å². The highest BCUT2D eigenvalue weighted by atomic mass is 35.5. The second-order valence-electron chi connectivity index (χ2n) is 3.83. The van der Waals surface area contributed by atoms with E-state index in [9.17, 15) is 0 Å². The molecule has 2 atom stereocenters. The van der Waals surface area contributed by atoms with Gasteiger partial charge in [-0.2, -0.15) is 0 Å². The van der Waals surface area contributed by atoms with Crippen LogP contribution in [-0.2, 0) is 9.47 Å². The first-order chi connectivity index (χ1) is 7.79. The van der Waals surface area contributed by atoms with E-state index in [4.69, 9.17) is 26.8 Å². The van der Waals surface area contributed by atoms with Crippen LogP contribution in [0, 0.1) is 0 Å². The average molecular weight is 262 g/mol. The summed E-state index contributed by atoms with van der Waals surface area (Å²) in [7, 11) is 0. The third kappa shape index (κ3) is 3.18. The van der Waals surface area contributed by atoms with Crippen LogP contribution in [0.25, 0.3) is 0 Å². The van der Waals surface area contributed by atoms with Gasteiger partial charge < -0.3 is 15.2 Å². The molecule has 2 unspecified atom stereocenters. The predicted molar refractivity (Wildman–Crippen MR) is 66.1 cm³/mol. The largest absolute Gasteiger partial charge is 0.376 e. The smallest absolute Gasteiger partial charge is 0.104 e. The molecule has 1 fully saturated rings. The Balaban J connectivity index is 1.85. The van der Waals surface area contributed by atoms with Crippen molar-refractivity contribution in [2.75, 3.05) is 19.8 Å². The quantitative estimate of drug-likeness (QED) is 0.886. The van der Waals surface area contributed by atoms with E-state index in [2.05, 4.69) is 0 Å². The van der Waals surface area contributed by atoms with Crippen molar-refractivity contribution in [2.24, 2.45) is 5.73 Å². The standard InChI is InChI=1S/C11H16ClNO2S/c12-11-4-3-10(16-11)9(6-13)15-7-8-2-1-5-14-8/h3-4,8-9H,1-2,5-7,13H2. The minimum Gasteiger partial charge on any atom is -0.376 e. The van der Waals surface area contributed by atoms with Crippen molar-refractivity contribution in [3.8, 4) is 0 Å². The Morgan fingerprint density at radius 3 is 3.06 bits per heavy atom. The van der Waals surface area contributed by atoms with E-state index in [1.54, 1.807) is 0 Å². The van der Waals surface area contributed by atoms with E-state index < -0.39 is 0 Å². The van der Waals surface area contributed by atoms with Crippen molar-refractivity contribution in [1.29, 1.82) is 0 Å². The molecule has 0 amide bonds. The first kappa shape index (κ1) is 12.3. The van der Waals surface area contributed by atoms with Gasteiger partial charge in [0.2, 0.25) is 0 Å². The lowest BCUT2D eigenvalue weighted by Crippen LogP contribution is -2.21. The summed E-state index contributed by atoms with van der Waals surface area (Å²) < 4.78 is 12.0. The molecule has 0 bridgehead atoms. The van der Waals surface area contributed by atoms with Gasteiger partial charge in [0.05, 0.1) is 17.0 Å². The molecule has 2 N–H and O–H groups in total. The van der Waals surface area contributed by atoms with Gasteiger partial charge in [0.25, 0.3) is 0 Å². The highest BCUT2D eigenvalue weighted by Gasteiger charge is 2.19. The van der Waals surface area contributed by atoms with Crippen LogP contribution in [0.2, 0.25) is 4.34 Å². The van der Waals surface area contributed by atoms with Crippen molar-refractivity contribution in [2.45, 2.75) is 25.0 Å². The lowest BCUT2D eigenvalue weighted by molar-refractivity contribution is -0.0169. The van der Waals surface area contributed by atoms with Crippen LogP contribution in [0.5, 0.6) is 0 Å². The number of ether oxygens (including phenoxy) is 2. The van der Waals surface area contributed by atoms with Crippen molar-refractivity contribution in [3.05, 3.63) is 21.3 Å². The SMILES string of the molecule is NCC(OCC1CCCO1)c1ccc(Cl)s1. The summed E-state index contributed by atoms with van der Waals surface area (Å²) in [4.78, 5) is 1.09. The fourth-order valence-corrected chi connectivity index (χ4v) is 2.89. The zero-order chi connectivity index (χ0) is 11.4. The predicted octanol–water partition coefficient (Wildman–Crippen LogP) is 2.60. The molecule has 1 saturated heterocycles. The van der Waals surface area contributed by atoms with Crippen molar-refractivity contribution in [3.63, 3.8) is 0 Å². The summed E-state index contributed by atoms with van der Waals surface area (Å²) in [5.41, 5.74) is 5.70. The lowest BCUT2D eigenvalue weighted by Gasteiger charge is -2.17. The molecule has 0 spiro atoms. The van der Waals surface area contributed by atoms with Gasteiger partial charge in [-0.1, -0.05) is 11.6 Å². The molecule has 0 aromatic carbocycles. The molecule has 1 aliphatic rings. The second kappa shape index (κ2) is 5.98. The van der Waals surface area contributed by atoms with Gasteiger partial charge in [0, 0.05) is 18.0 Å². The number of halogens is 1. The van der Waals surface area contributed by atoms with Crippen molar-refractivity contribution >= 4 is 22.9 Å². The third-order valence-electron chi connectivity index (χ3n) is 2.63. The molecule has 1 aliphatic heterocycles. The van der Waals surface area contributed by atoms with Gasteiger partial charge in [0.1, 0.15) is 6.10 Å². The maximum atomic E-state index is 5.89. The summed E-state index contributed by atoms with van der Waals surface area (Å²) in [5, 5.41) is 0. The second-order valence-corrected chi connectivity index (χ2v) is 5.58. The molecule has 0 saturated carbocycles. The molecule has 3 nitrogen and oxygen atoms in total. The van der Waals surface area contributed by atoms with Gasteiger partial charge in [-0.25, -0.2) is 0 Å². The number of hydrogen-bond acceptors (Lipinski definition) is 4. The first-order valence-corrected chi connectivity index (χ1v) is 6.67. The van der Waals surface area contributed by atoms with E-state index in [1.807, 2.05) is 12.1 Å². The van der Waals surface area contributed by atoms with Gasteiger partial charge >= 0.3 is 0 Å². The number of nitrogens with two attached hydrogens (primary N) is 1. The van der Waals surface area contributed by atoms with Crippen LogP contribution >= 0.6 is 22.9 Å². The van der Waals surface area contributed by atoms with E-state index in [-0.39, 0.29) is 12.2 Å². The molecule has 90 valence electrons. The van der Waals surface area contributed by atoms with Gasteiger partial charge in [-0.3, -0.25) is 0 Å². The lowest BCUT2D eigenvalue weighted by atomic mass is 10.2. The Kier molecular flexibility index (Phi) is 4.61. The maximum Gasteiger partial charge on any atom is 0.104 e. The van der Waals surface area contributed by atoms with Gasteiger partial charge in [0.15, 0.2) is 0 Å². The summed E-state index contributed by atoms with van der Waals surface area (Å²) in [6.45, 7) is 1.95. The van der Waals surface area contributed by atoms with Crippen LogP contribution < -0.4 is 5.73 Å². The van der Waals surface area contributed by atoms with E-state index in [0.29, 0.717) is 13.2 Å². The number of rotatable bonds is 5. The molecule has 2 rings (SSSR count). The van der Waals surface area contributed by atoms with Gasteiger partial charge in [-0.05, 0) is 25.0 Å². The Labute approximate surface area is 104 Å². The number of hydrogen-bond donors (Lipinski definition) is 1. The molecular formula is C11H16ClNO2S. The van der Waals surface area contributed by atoms with Gasteiger partial charge in [-0.15, -0.1) is 11.3 Å². The highest BCUT2D eigenvalue weighted by Crippen LogP contribution is 2.29. The summed E-state index contributed by atoms with van der Waals surface area (Å²) in [6.07, 6.45) is 2.40. The monoisotopic (exact) mass is 261 g/mol. The zero-order valence-electron chi connectivity index (χ0n) is 9.02. The maximum absolute atomic E-state index is 5.89. The van der Waals surface area contributed by atoms with Crippen molar-refractivity contribution in [1.82, 2.24) is 0 Å². The molecular weight excluding hydrogens is 246 g/mol. The van der Waals surface area contributed by atoms with E-state index in [1.165, 1.54) is 11.3 Å². The van der Waals surface area contributed by atoms with Crippen LogP contribution in [-0.4, -0.2) is 25.9 Å². The van der Waals surface area contributed by atoms with Crippen molar-refractivity contribution < 1.29 is 9.47 Å². The highest BCUT2D eigenvalue weighted by molar-refractivity contribution is 7.16. The average Bonchev–Trinajstić information content (AvgIpc) is 2.91. The normalized spacial score (nSPS) is 22.5. The van der Waals surface area contributed by atoms with Crippen LogP contribution in [0.4, 0.5) is 0 Å². The van der Waals surface area contributed by atoms with E-state index >= 15 is 0 Å². The Morgan fingerprint density at radius 2 is 2.50 bits per heavy atom. The number of thiophene rings is 1. The van der Waals surface area contributed by atoms with Crippen LogP contribution in [0.15, 0.2) is 12.1 Å². The van der Waals surface area contributed by atoms with E-state index in [0.717, 1.165) is 28.7 Å². The Hall–Kier alpha value is -0.130. The first-order valence-electron chi connectivity index (χ1n) is 5.48. The molecule has 2 heterocycles. The summed E-state index contributed by atoms with van der Waals surface area (Å²) >= 11 is 7.41. The molecule has 1 aromatic heterocycles. The summed E-state index contributed by atoms with van der Waals surface area (Å²) in [6, 6.07) is 3.85. The minimum absolute atomic E-state index is 0.0540. The molecule has 5 heteroatoms.